The van der Waals surface area contributed by atoms with Crippen LogP contribution in [0.4, 0.5) is 0 Å². The fourth-order valence-corrected chi connectivity index (χ4v) is 2.80. The minimum absolute atomic E-state index is 0.0919. The van der Waals surface area contributed by atoms with E-state index in [1.807, 2.05) is 24.3 Å². The van der Waals surface area contributed by atoms with Gasteiger partial charge in [0.25, 0.3) is 0 Å². The molecule has 134 valence electrons. The second kappa shape index (κ2) is 8.59. The van der Waals surface area contributed by atoms with Crippen molar-refractivity contribution in [3.05, 3.63) is 58.1 Å². The van der Waals surface area contributed by atoms with Crippen molar-refractivity contribution in [2.75, 3.05) is 6.61 Å². The van der Waals surface area contributed by atoms with Crippen molar-refractivity contribution in [2.45, 2.75) is 39.0 Å². The molecular formula is C20H22Cl2O3. The van der Waals surface area contributed by atoms with Crippen LogP contribution in [-0.2, 0) is 10.2 Å². The average molecular weight is 381 g/mol. The number of esters is 1. The van der Waals surface area contributed by atoms with Crippen LogP contribution >= 0.6 is 23.2 Å². The van der Waals surface area contributed by atoms with Gasteiger partial charge in [-0.15, -0.1) is 0 Å². The number of hydrogen-bond donors (Lipinski definition) is 0. The van der Waals surface area contributed by atoms with E-state index in [0.717, 1.165) is 5.56 Å². The molecule has 2 rings (SSSR count). The second-order valence-electron chi connectivity index (χ2n) is 6.75. The molecule has 5 heteroatoms. The maximum absolute atomic E-state index is 12.1. The molecule has 0 radical (unpaired) electrons. The number of carbonyl (C=O) groups is 1. The van der Waals surface area contributed by atoms with Gasteiger partial charge in [-0.3, -0.25) is 4.79 Å². The Bertz CT molecular complexity index is 736. The Kier molecular flexibility index (Phi) is 6.74. The first-order valence-electron chi connectivity index (χ1n) is 8.15. The summed E-state index contributed by atoms with van der Waals surface area (Å²) in [4.78, 5) is 12.1. The summed E-state index contributed by atoms with van der Waals surface area (Å²) < 4.78 is 11.1. The van der Waals surface area contributed by atoms with E-state index in [0.29, 0.717) is 34.6 Å². The van der Waals surface area contributed by atoms with Crippen molar-refractivity contribution in [1.82, 2.24) is 0 Å². The summed E-state index contributed by atoms with van der Waals surface area (Å²) in [5, 5.41) is 1.01. The largest absolute Gasteiger partial charge is 0.492 e. The van der Waals surface area contributed by atoms with Crippen molar-refractivity contribution >= 4 is 29.2 Å². The fraction of sp³-hybridized carbons (Fsp3) is 0.350. The highest BCUT2D eigenvalue weighted by Gasteiger charge is 2.19. The minimum atomic E-state index is -0.275. The summed E-state index contributed by atoms with van der Waals surface area (Å²) >= 11 is 11.9. The van der Waals surface area contributed by atoms with Gasteiger partial charge in [-0.25, -0.2) is 0 Å². The van der Waals surface area contributed by atoms with Crippen LogP contribution < -0.4 is 9.47 Å². The number of carbonyl (C=O) groups excluding carboxylic acids is 1. The molecule has 3 nitrogen and oxygen atoms in total. The molecule has 0 spiro atoms. The third-order valence-corrected chi connectivity index (χ3v) is 4.13. The molecule has 0 aromatic heterocycles. The molecule has 0 fully saturated rings. The molecule has 0 N–H and O–H groups in total. The van der Waals surface area contributed by atoms with Crippen molar-refractivity contribution in [2.24, 2.45) is 0 Å². The topological polar surface area (TPSA) is 35.5 Å². The fourth-order valence-electron chi connectivity index (χ4n) is 2.34. The summed E-state index contributed by atoms with van der Waals surface area (Å²) in [7, 11) is 0. The van der Waals surface area contributed by atoms with Gasteiger partial charge >= 0.3 is 5.97 Å². The van der Waals surface area contributed by atoms with E-state index in [4.69, 9.17) is 32.7 Å². The van der Waals surface area contributed by atoms with Crippen LogP contribution in [-0.4, -0.2) is 12.6 Å². The van der Waals surface area contributed by atoms with Gasteiger partial charge in [-0.05, 0) is 36.1 Å². The molecule has 0 aliphatic rings. The van der Waals surface area contributed by atoms with E-state index in [1.165, 1.54) is 0 Å². The van der Waals surface area contributed by atoms with Crippen molar-refractivity contribution in [1.29, 1.82) is 0 Å². The molecule has 0 saturated carbocycles. The van der Waals surface area contributed by atoms with Gasteiger partial charge in [-0.2, -0.15) is 0 Å². The van der Waals surface area contributed by atoms with Crippen molar-refractivity contribution in [3.63, 3.8) is 0 Å². The highest BCUT2D eigenvalue weighted by Crippen LogP contribution is 2.31. The molecule has 0 bridgehead atoms. The van der Waals surface area contributed by atoms with E-state index in [2.05, 4.69) is 20.8 Å². The van der Waals surface area contributed by atoms with Gasteiger partial charge in [0, 0.05) is 17.0 Å². The monoisotopic (exact) mass is 380 g/mol. The summed E-state index contributed by atoms with van der Waals surface area (Å²) in [6, 6.07) is 12.7. The van der Waals surface area contributed by atoms with Gasteiger partial charge < -0.3 is 9.47 Å². The number of hydrogen-bond acceptors (Lipinski definition) is 3. The highest BCUT2D eigenvalue weighted by atomic mass is 35.5. The molecule has 0 atom stereocenters. The van der Waals surface area contributed by atoms with Crippen LogP contribution in [0.25, 0.3) is 0 Å². The number of para-hydroxylation sites is 1. The lowest BCUT2D eigenvalue weighted by molar-refractivity contribution is -0.134. The maximum atomic E-state index is 12.1. The highest BCUT2D eigenvalue weighted by molar-refractivity contribution is 6.35. The predicted molar refractivity (Wildman–Crippen MR) is 102 cm³/mol. The first kappa shape index (κ1) is 19.6. The average Bonchev–Trinajstić information content (AvgIpc) is 2.52. The molecule has 25 heavy (non-hydrogen) atoms. The minimum Gasteiger partial charge on any atom is -0.492 e. The third kappa shape index (κ3) is 5.94. The molecular weight excluding hydrogens is 359 g/mol. The summed E-state index contributed by atoms with van der Waals surface area (Å²) in [5.74, 6) is 0.890. The van der Waals surface area contributed by atoms with E-state index in [9.17, 15) is 4.79 Å². The van der Waals surface area contributed by atoms with Gasteiger partial charge in [0.15, 0.2) is 0 Å². The number of benzene rings is 2. The smallest absolute Gasteiger partial charge is 0.311 e. The molecule has 0 unspecified atom stereocenters. The number of rotatable bonds is 6. The number of ether oxygens (including phenoxy) is 2. The predicted octanol–water partition coefficient (Wildman–Crippen LogP) is 6.06. The van der Waals surface area contributed by atoms with Crippen LogP contribution in [0.1, 0.15) is 39.2 Å². The first-order chi connectivity index (χ1) is 11.8. The Balaban J connectivity index is 1.84. The Hall–Kier alpha value is -1.71. The van der Waals surface area contributed by atoms with E-state index in [-0.39, 0.29) is 17.8 Å². The van der Waals surface area contributed by atoms with Gasteiger partial charge in [0.2, 0.25) is 0 Å². The Morgan fingerprint density at radius 3 is 2.44 bits per heavy atom. The Morgan fingerprint density at radius 1 is 1.04 bits per heavy atom. The lowest BCUT2D eigenvalue weighted by Crippen LogP contribution is -2.16. The zero-order chi connectivity index (χ0) is 18.4. The van der Waals surface area contributed by atoms with Crippen LogP contribution in [0.5, 0.6) is 11.5 Å². The quantitative estimate of drug-likeness (QED) is 0.347. The van der Waals surface area contributed by atoms with Crippen LogP contribution in [0.2, 0.25) is 10.0 Å². The standard InChI is InChI=1S/C20H22Cl2O3/c1-20(2,3)15-7-4-5-8-17(15)25-19(23)9-6-12-24-18-11-10-14(21)13-16(18)22/h4-5,7-8,10-11,13H,6,9,12H2,1-3H3. The first-order valence-corrected chi connectivity index (χ1v) is 8.91. The summed E-state index contributed by atoms with van der Waals surface area (Å²) in [6.07, 6.45) is 0.805. The van der Waals surface area contributed by atoms with Gasteiger partial charge in [-0.1, -0.05) is 62.2 Å². The molecule has 0 aliphatic heterocycles. The lowest BCUT2D eigenvalue weighted by Gasteiger charge is -2.22. The van der Waals surface area contributed by atoms with E-state index < -0.39 is 0 Å². The second-order valence-corrected chi connectivity index (χ2v) is 7.59. The Morgan fingerprint density at radius 2 is 1.76 bits per heavy atom. The summed E-state index contributed by atoms with van der Waals surface area (Å²) in [6.45, 7) is 6.63. The molecule has 0 heterocycles. The SMILES string of the molecule is CC(C)(C)c1ccccc1OC(=O)CCCOc1ccc(Cl)cc1Cl. The van der Waals surface area contributed by atoms with Crippen LogP contribution in [0, 0.1) is 0 Å². The molecule has 2 aromatic carbocycles. The third-order valence-electron chi connectivity index (χ3n) is 3.60. The van der Waals surface area contributed by atoms with Gasteiger partial charge in [0.1, 0.15) is 11.5 Å². The van der Waals surface area contributed by atoms with Crippen molar-refractivity contribution < 1.29 is 14.3 Å². The zero-order valence-corrected chi connectivity index (χ0v) is 16.2. The van der Waals surface area contributed by atoms with E-state index >= 15 is 0 Å². The molecule has 0 saturated heterocycles. The Labute approximate surface area is 158 Å². The maximum Gasteiger partial charge on any atom is 0.311 e. The van der Waals surface area contributed by atoms with Crippen molar-refractivity contribution in [3.8, 4) is 11.5 Å². The number of halogens is 2. The molecule has 2 aromatic rings. The molecule has 0 aliphatic carbocycles. The summed E-state index contributed by atoms with van der Waals surface area (Å²) in [5.41, 5.74) is 0.915. The normalized spacial score (nSPS) is 11.2. The molecule has 0 amide bonds. The van der Waals surface area contributed by atoms with Crippen LogP contribution in [0.3, 0.4) is 0 Å². The van der Waals surface area contributed by atoms with Crippen LogP contribution in [0.15, 0.2) is 42.5 Å². The zero-order valence-electron chi connectivity index (χ0n) is 14.6. The van der Waals surface area contributed by atoms with Gasteiger partial charge in [0.05, 0.1) is 11.6 Å². The van der Waals surface area contributed by atoms with E-state index in [1.54, 1.807) is 18.2 Å². The lowest BCUT2D eigenvalue weighted by atomic mass is 9.86.